The van der Waals surface area contributed by atoms with Gasteiger partial charge in [-0.15, -0.1) is 0 Å². The van der Waals surface area contributed by atoms with E-state index in [-0.39, 0.29) is 17.9 Å². The fraction of sp³-hybridized carbons (Fsp3) is 0.167. The average Bonchev–Trinajstić information content (AvgIpc) is 2.75. The van der Waals surface area contributed by atoms with Crippen molar-refractivity contribution in [1.82, 2.24) is 4.90 Å². The van der Waals surface area contributed by atoms with Gasteiger partial charge in [0.2, 0.25) is 0 Å². The largest absolute Gasteiger partial charge is 0.364 e. The molecule has 4 amide bonds. The molecule has 0 atom stereocenters. The summed E-state index contributed by atoms with van der Waals surface area (Å²) in [6, 6.07) is 11.8. The van der Waals surface area contributed by atoms with E-state index < -0.39 is 23.6 Å². The van der Waals surface area contributed by atoms with Crippen molar-refractivity contribution >= 4 is 40.1 Å². The molecular formula is C24H18N2O5. The first-order valence-corrected chi connectivity index (χ1v) is 9.76. The van der Waals surface area contributed by atoms with Crippen LogP contribution in [0.1, 0.15) is 52.6 Å². The highest BCUT2D eigenvalue weighted by Crippen LogP contribution is 2.40. The number of methoxy groups -OCH3 is 1. The van der Waals surface area contributed by atoms with Crippen LogP contribution in [0.5, 0.6) is 0 Å². The molecule has 7 nitrogen and oxygen atoms in total. The average molecular weight is 414 g/mol. The fourth-order valence-electron chi connectivity index (χ4n) is 4.53. The maximum Gasteiger partial charge on any atom is 0.266 e. The van der Waals surface area contributed by atoms with E-state index in [1.165, 1.54) is 12.0 Å². The SMILES string of the molecule is COCN1C(=O)c2ccc3c4c(ccc(c24)C1=O)C(=O)N(c1c(C)cccc1C)C3=O. The number of ether oxygens (including phenoxy) is 1. The van der Waals surface area contributed by atoms with Crippen LogP contribution >= 0.6 is 0 Å². The van der Waals surface area contributed by atoms with E-state index in [0.29, 0.717) is 27.6 Å². The lowest BCUT2D eigenvalue weighted by Crippen LogP contribution is -2.44. The molecule has 31 heavy (non-hydrogen) atoms. The van der Waals surface area contributed by atoms with Gasteiger partial charge < -0.3 is 4.74 Å². The first-order valence-electron chi connectivity index (χ1n) is 9.76. The second-order valence-electron chi connectivity index (χ2n) is 7.71. The second-order valence-corrected chi connectivity index (χ2v) is 7.71. The number of carbonyl (C=O) groups excluding carboxylic acids is 4. The number of aryl methyl sites for hydroxylation is 2. The third-order valence-electron chi connectivity index (χ3n) is 5.90. The van der Waals surface area contributed by atoms with Crippen LogP contribution in [0.15, 0.2) is 42.5 Å². The molecular weight excluding hydrogens is 396 g/mol. The van der Waals surface area contributed by atoms with Crippen molar-refractivity contribution in [2.24, 2.45) is 0 Å². The fourth-order valence-corrected chi connectivity index (χ4v) is 4.53. The van der Waals surface area contributed by atoms with Gasteiger partial charge in [0.15, 0.2) is 0 Å². The summed E-state index contributed by atoms with van der Waals surface area (Å²) < 4.78 is 5.00. The van der Waals surface area contributed by atoms with E-state index in [4.69, 9.17) is 4.74 Å². The molecule has 0 aromatic heterocycles. The van der Waals surface area contributed by atoms with Gasteiger partial charge in [-0.3, -0.25) is 24.1 Å². The van der Waals surface area contributed by atoms with Gasteiger partial charge in [-0.1, -0.05) is 18.2 Å². The summed E-state index contributed by atoms with van der Waals surface area (Å²) in [5, 5.41) is 0.700. The van der Waals surface area contributed by atoms with Crippen LogP contribution in [-0.4, -0.2) is 42.4 Å². The topological polar surface area (TPSA) is 84.0 Å². The third-order valence-corrected chi connectivity index (χ3v) is 5.90. The first kappa shape index (κ1) is 19.1. The molecule has 5 rings (SSSR count). The Morgan fingerprint density at radius 3 is 1.52 bits per heavy atom. The minimum absolute atomic E-state index is 0.180. The third kappa shape index (κ3) is 2.44. The van der Waals surface area contributed by atoms with E-state index in [1.807, 2.05) is 32.0 Å². The standard InChI is InChI=1S/C24H18N2O5/c1-12-5-4-6-13(2)20(12)26-23(29)16-9-7-14-18-15(8-10-17(19(16)18)24(26)30)22(28)25(11-31-3)21(14)27/h4-10H,11H2,1-3H3. The van der Waals surface area contributed by atoms with E-state index in [9.17, 15) is 19.2 Å². The number of para-hydroxylation sites is 1. The van der Waals surface area contributed by atoms with Crippen molar-refractivity contribution in [2.45, 2.75) is 13.8 Å². The molecule has 7 heteroatoms. The van der Waals surface area contributed by atoms with Gasteiger partial charge in [0.25, 0.3) is 23.6 Å². The zero-order valence-electron chi connectivity index (χ0n) is 17.2. The highest BCUT2D eigenvalue weighted by molar-refractivity contribution is 6.39. The van der Waals surface area contributed by atoms with Crippen molar-refractivity contribution in [3.63, 3.8) is 0 Å². The predicted octanol–water partition coefficient (Wildman–Crippen LogP) is 3.46. The molecule has 0 radical (unpaired) electrons. The lowest BCUT2D eigenvalue weighted by atomic mass is 9.85. The molecule has 0 saturated carbocycles. The lowest BCUT2D eigenvalue weighted by molar-refractivity contribution is 0.0345. The molecule has 3 aromatic carbocycles. The van der Waals surface area contributed by atoms with E-state index in [2.05, 4.69) is 0 Å². The van der Waals surface area contributed by atoms with Crippen LogP contribution in [0.25, 0.3) is 10.8 Å². The lowest BCUT2D eigenvalue weighted by Gasteiger charge is -2.32. The quantitative estimate of drug-likeness (QED) is 0.613. The molecule has 0 N–H and O–H groups in total. The molecule has 0 fully saturated rings. The summed E-state index contributed by atoms with van der Waals surface area (Å²) >= 11 is 0. The number of imide groups is 2. The molecule has 0 unspecified atom stereocenters. The Morgan fingerprint density at radius 2 is 1.10 bits per heavy atom. The van der Waals surface area contributed by atoms with Crippen molar-refractivity contribution < 1.29 is 23.9 Å². The monoisotopic (exact) mass is 414 g/mol. The van der Waals surface area contributed by atoms with Crippen molar-refractivity contribution in [3.8, 4) is 0 Å². The smallest absolute Gasteiger partial charge is 0.266 e. The number of benzene rings is 3. The number of nitrogens with zero attached hydrogens (tertiary/aromatic N) is 2. The van der Waals surface area contributed by atoms with Crippen LogP contribution < -0.4 is 4.90 Å². The van der Waals surface area contributed by atoms with Gasteiger partial charge in [-0.05, 0) is 49.2 Å². The molecule has 3 aromatic rings. The number of carbonyl (C=O) groups is 4. The number of rotatable bonds is 3. The van der Waals surface area contributed by atoms with E-state index >= 15 is 0 Å². The molecule has 154 valence electrons. The Labute approximate surface area is 177 Å². The van der Waals surface area contributed by atoms with Gasteiger partial charge in [-0.2, -0.15) is 0 Å². The summed E-state index contributed by atoms with van der Waals surface area (Å²) in [5.41, 5.74) is 3.28. The Balaban J connectivity index is 1.79. The molecule has 0 spiro atoms. The summed E-state index contributed by atoms with van der Waals surface area (Å²) in [5.74, 6) is -1.98. The number of anilines is 1. The molecule has 2 heterocycles. The van der Waals surface area contributed by atoms with Crippen molar-refractivity contribution in [1.29, 1.82) is 0 Å². The Kier molecular flexibility index (Phi) is 4.06. The summed E-state index contributed by atoms with van der Waals surface area (Å²) in [4.78, 5) is 55.0. The minimum Gasteiger partial charge on any atom is -0.364 e. The Morgan fingerprint density at radius 1 is 0.677 bits per heavy atom. The van der Waals surface area contributed by atoms with E-state index in [0.717, 1.165) is 16.0 Å². The molecule has 0 aliphatic carbocycles. The van der Waals surface area contributed by atoms with Crippen molar-refractivity contribution in [3.05, 3.63) is 75.8 Å². The van der Waals surface area contributed by atoms with Crippen LogP contribution in [0.3, 0.4) is 0 Å². The molecule has 0 bridgehead atoms. The first-order chi connectivity index (χ1) is 14.9. The molecule has 0 saturated heterocycles. The Hall–Kier alpha value is -3.84. The summed E-state index contributed by atoms with van der Waals surface area (Å²) in [6.07, 6.45) is 0. The van der Waals surface area contributed by atoms with Crippen LogP contribution in [0, 0.1) is 13.8 Å². The van der Waals surface area contributed by atoms with Crippen LogP contribution in [0.4, 0.5) is 5.69 Å². The number of hydrogen-bond donors (Lipinski definition) is 0. The van der Waals surface area contributed by atoms with Gasteiger partial charge in [0.1, 0.15) is 6.73 Å². The Bertz CT molecular complexity index is 1270. The second kappa shape index (κ2) is 6.58. The maximum atomic E-state index is 13.5. The van der Waals surface area contributed by atoms with Crippen LogP contribution in [-0.2, 0) is 4.74 Å². The van der Waals surface area contributed by atoms with Crippen LogP contribution in [0.2, 0.25) is 0 Å². The number of amides is 4. The number of hydrogen-bond acceptors (Lipinski definition) is 5. The maximum absolute atomic E-state index is 13.5. The zero-order chi connectivity index (χ0) is 22.0. The normalized spacial score (nSPS) is 15.3. The summed E-state index contributed by atoms with van der Waals surface area (Å²) in [7, 11) is 1.40. The molecule has 2 aliphatic heterocycles. The molecule has 2 aliphatic rings. The highest BCUT2D eigenvalue weighted by Gasteiger charge is 2.40. The van der Waals surface area contributed by atoms with E-state index in [1.54, 1.807) is 24.3 Å². The van der Waals surface area contributed by atoms with Gasteiger partial charge in [0.05, 0.1) is 5.69 Å². The predicted molar refractivity (Wildman–Crippen MR) is 113 cm³/mol. The van der Waals surface area contributed by atoms with Gasteiger partial charge in [0, 0.05) is 40.1 Å². The zero-order valence-corrected chi connectivity index (χ0v) is 17.2. The van der Waals surface area contributed by atoms with Crippen molar-refractivity contribution in [2.75, 3.05) is 18.7 Å². The summed E-state index contributed by atoms with van der Waals surface area (Å²) in [6.45, 7) is 3.51. The van der Waals surface area contributed by atoms with Gasteiger partial charge >= 0.3 is 0 Å². The highest BCUT2D eigenvalue weighted by atomic mass is 16.5. The minimum atomic E-state index is -0.514. The van der Waals surface area contributed by atoms with Gasteiger partial charge in [-0.25, -0.2) is 4.90 Å².